The molecular weight excluding hydrogens is 179 g/mol. The Kier molecular flexibility index (Phi) is 3.57. The third kappa shape index (κ3) is 2.52. The van der Waals surface area contributed by atoms with Crippen LogP contribution in [0.2, 0.25) is 6.82 Å². The van der Waals surface area contributed by atoms with E-state index in [1.165, 1.54) is 7.11 Å². The number of carbonyl (C=O) groups is 1. The molecule has 14 heavy (non-hydrogen) atoms. The standard InChI is InChI=1S/C10H12BO3/c1-11-9-4-3-8(12)5-7(9)6-10(13)14-2/h3-5,12H,6H2,1-2H3. The Balaban J connectivity index is 2.93. The summed E-state index contributed by atoms with van der Waals surface area (Å²) in [5.41, 5.74) is 1.72. The molecule has 4 heteroatoms. The van der Waals surface area contributed by atoms with Crippen LogP contribution in [0.15, 0.2) is 18.2 Å². The van der Waals surface area contributed by atoms with Crippen molar-refractivity contribution in [3.05, 3.63) is 23.8 Å². The van der Waals surface area contributed by atoms with E-state index in [-0.39, 0.29) is 18.1 Å². The number of phenols is 1. The highest BCUT2D eigenvalue weighted by molar-refractivity contribution is 6.52. The molecule has 1 N–H and O–H groups in total. The second kappa shape index (κ2) is 4.70. The third-order valence-corrected chi connectivity index (χ3v) is 2.00. The van der Waals surface area contributed by atoms with E-state index in [4.69, 9.17) is 0 Å². The molecule has 0 aliphatic carbocycles. The number of ether oxygens (including phenoxy) is 1. The van der Waals surface area contributed by atoms with Crippen molar-refractivity contribution in [2.24, 2.45) is 0 Å². The highest BCUT2D eigenvalue weighted by Crippen LogP contribution is 2.10. The molecule has 0 bridgehead atoms. The van der Waals surface area contributed by atoms with Crippen LogP contribution >= 0.6 is 0 Å². The van der Waals surface area contributed by atoms with Gasteiger partial charge in [-0.15, -0.1) is 0 Å². The van der Waals surface area contributed by atoms with Gasteiger partial charge in [0.1, 0.15) is 13.0 Å². The van der Waals surface area contributed by atoms with Gasteiger partial charge in [0.15, 0.2) is 0 Å². The van der Waals surface area contributed by atoms with Crippen molar-refractivity contribution in [1.29, 1.82) is 0 Å². The number of rotatable bonds is 3. The maximum Gasteiger partial charge on any atom is 0.309 e. The average Bonchev–Trinajstić information content (AvgIpc) is 2.18. The fraction of sp³-hybridized carbons (Fsp3) is 0.300. The fourth-order valence-electron chi connectivity index (χ4n) is 1.25. The quantitative estimate of drug-likeness (QED) is 0.558. The zero-order chi connectivity index (χ0) is 10.6. The van der Waals surface area contributed by atoms with Crippen molar-refractivity contribution >= 4 is 18.7 Å². The normalized spacial score (nSPS) is 9.57. The molecule has 0 atom stereocenters. The van der Waals surface area contributed by atoms with Crippen molar-refractivity contribution in [1.82, 2.24) is 0 Å². The first-order valence-corrected chi connectivity index (χ1v) is 4.35. The van der Waals surface area contributed by atoms with Crippen LogP contribution in [0.25, 0.3) is 0 Å². The lowest BCUT2D eigenvalue weighted by Crippen LogP contribution is -2.19. The third-order valence-electron chi connectivity index (χ3n) is 2.00. The lowest BCUT2D eigenvalue weighted by Gasteiger charge is -2.06. The molecule has 0 saturated heterocycles. The molecule has 1 radical (unpaired) electrons. The van der Waals surface area contributed by atoms with Crippen LogP contribution < -0.4 is 5.46 Å². The SMILES string of the molecule is C[B]c1ccc(O)cc1CC(=O)OC. The Bertz CT molecular complexity index is 336. The highest BCUT2D eigenvalue weighted by Gasteiger charge is 2.07. The number of hydrogen-bond donors (Lipinski definition) is 1. The van der Waals surface area contributed by atoms with Gasteiger partial charge in [0.05, 0.1) is 13.5 Å². The van der Waals surface area contributed by atoms with Gasteiger partial charge in [-0.2, -0.15) is 0 Å². The van der Waals surface area contributed by atoms with Crippen LogP contribution in [0.5, 0.6) is 5.75 Å². The van der Waals surface area contributed by atoms with E-state index in [2.05, 4.69) is 4.74 Å². The molecule has 3 nitrogen and oxygen atoms in total. The molecule has 0 amide bonds. The van der Waals surface area contributed by atoms with Gasteiger partial charge in [0.25, 0.3) is 0 Å². The second-order valence-corrected chi connectivity index (χ2v) is 2.92. The van der Waals surface area contributed by atoms with Crippen LogP contribution in [-0.4, -0.2) is 25.5 Å². The predicted octanol–water partition coefficient (Wildman–Crippen LogP) is 0.485. The molecule has 0 spiro atoms. The lowest BCUT2D eigenvalue weighted by atomic mass is 9.70. The van der Waals surface area contributed by atoms with Gasteiger partial charge >= 0.3 is 5.97 Å². The number of hydrogen-bond acceptors (Lipinski definition) is 3. The lowest BCUT2D eigenvalue weighted by molar-refractivity contribution is -0.139. The zero-order valence-electron chi connectivity index (χ0n) is 8.28. The summed E-state index contributed by atoms with van der Waals surface area (Å²) < 4.78 is 4.56. The number of benzene rings is 1. The van der Waals surface area contributed by atoms with Crippen LogP contribution in [0.1, 0.15) is 5.56 Å². The van der Waals surface area contributed by atoms with E-state index in [0.29, 0.717) is 0 Å². The summed E-state index contributed by atoms with van der Waals surface area (Å²) in [4.78, 5) is 11.0. The van der Waals surface area contributed by atoms with E-state index in [1.807, 2.05) is 14.1 Å². The highest BCUT2D eigenvalue weighted by atomic mass is 16.5. The summed E-state index contributed by atoms with van der Waals surface area (Å²) >= 11 is 0. The molecule has 0 fully saturated rings. The van der Waals surface area contributed by atoms with Crippen molar-refractivity contribution < 1.29 is 14.6 Å². The van der Waals surface area contributed by atoms with E-state index in [9.17, 15) is 9.90 Å². The molecule has 1 aromatic carbocycles. The summed E-state index contributed by atoms with van der Waals surface area (Å²) in [5.74, 6) is -0.145. The molecule has 1 rings (SSSR count). The molecule has 73 valence electrons. The average molecular weight is 191 g/mol. The minimum Gasteiger partial charge on any atom is -0.508 e. The monoisotopic (exact) mass is 191 g/mol. The Labute approximate surface area is 83.9 Å². The Hall–Kier alpha value is -1.45. The van der Waals surface area contributed by atoms with Crippen molar-refractivity contribution in [2.45, 2.75) is 13.2 Å². The summed E-state index contributed by atoms with van der Waals surface area (Å²) in [6, 6.07) is 4.94. The van der Waals surface area contributed by atoms with Gasteiger partial charge in [-0.1, -0.05) is 18.4 Å². The predicted molar refractivity (Wildman–Crippen MR) is 55.1 cm³/mol. The minimum atomic E-state index is -0.307. The number of phenolic OH excluding ortho intramolecular Hbond substituents is 1. The van der Waals surface area contributed by atoms with Crippen molar-refractivity contribution in [2.75, 3.05) is 7.11 Å². The van der Waals surface area contributed by atoms with Crippen LogP contribution in [0.4, 0.5) is 0 Å². The van der Waals surface area contributed by atoms with Gasteiger partial charge in [0, 0.05) is 0 Å². The van der Waals surface area contributed by atoms with Crippen LogP contribution in [0.3, 0.4) is 0 Å². The van der Waals surface area contributed by atoms with Gasteiger partial charge in [-0.25, -0.2) is 0 Å². The van der Waals surface area contributed by atoms with Crippen molar-refractivity contribution in [3.63, 3.8) is 0 Å². The molecule has 0 aromatic heterocycles. The topological polar surface area (TPSA) is 46.5 Å². The molecule has 1 aromatic rings. The number of carbonyl (C=O) groups excluding carboxylic acids is 1. The van der Waals surface area contributed by atoms with Gasteiger partial charge < -0.3 is 9.84 Å². The van der Waals surface area contributed by atoms with E-state index in [1.54, 1.807) is 18.2 Å². The first-order chi connectivity index (χ1) is 6.67. The molecule has 0 saturated carbocycles. The number of esters is 1. The number of aromatic hydroxyl groups is 1. The van der Waals surface area contributed by atoms with Crippen LogP contribution in [0, 0.1) is 0 Å². The fourth-order valence-corrected chi connectivity index (χ4v) is 1.25. The maximum atomic E-state index is 11.0. The van der Waals surface area contributed by atoms with E-state index >= 15 is 0 Å². The van der Waals surface area contributed by atoms with Gasteiger partial charge in [0.2, 0.25) is 0 Å². The Morgan fingerprint density at radius 3 is 2.86 bits per heavy atom. The minimum absolute atomic E-state index is 0.162. The smallest absolute Gasteiger partial charge is 0.309 e. The van der Waals surface area contributed by atoms with Gasteiger partial charge in [-0.05, 0) is 17.7 Å². The summed E-state index contributed by atoms with van der Waals surface area (Å²) in [5, 5.41) is 9.25. The molecule has 0 unspecified atom stereocenters. The summed E-state index contributed by atoms with van der Waals surface area (Å²) in [6.07, 6.45) is 0.185. The Morgan fingerprint density at radius 1 is 1.57 bits per heavy atom. The second-order valence-electron chi connectivity index (χ2n) is 2.92. The summed E-state index contributed by atoms with van der Waals surface area (Å²) in [6.45, 7) is 1.88. The van der Waals surface area contributed by atoms with E-state index < -0.39 is 0 Å². The molecule has 0 aliphatic heterocycles. The Morgan fingerprint density at radius 2 is 2.29 bits per heavy atom. The number of methoxy groups -OCH3 is 1. The molecular formula is C10H12BO3. The van der Waals surface area contributed by atoms with Crippen molar-refractivity contribution in [3.8, 4) is 5.75 Å². The van der Waals surface area contributed by atoms with Gasteiger partial charge in [-0.3, -0.25) is 4.79 Å². The first-order valence-electron chi connectivity index (χ1n) is 4.35. The molecule has 0 heterocycles. The zero-order valence-corrected chi connectivity index (χ0v) is 8.28. The van der Waals surface area contributed by atoms with E-state index in [0.717, 1.165) is 11.0 Å². The molecule has 0 aliphatic rings. The van der Waals surface area contributed by atoms with Crippen LogP contribution in [-0.2, 0) is 16.0 Å². The summed E-state index contributed by atoms with van der Waals surface area (Å²) in [7, 11) is 3.23. The largest absolute Gasteiger partial charge is 0.508 e. The maximum absolute atomic E-state index is 11.0. The first kappa shape index (κ1) is 10.6.